The first-order valence-corrected chi connectivity index (χ1v) is 5.64. The van der Waals surface area contributed by atoms with E-state index in [0.29, 0.717) is 12.3 Å². The molecule has 2 rings (SSSR count). The lowest BCUT2D eigenvalue weighted by atomic mass is 10.0. The van der Waals surface area contributed by atoms with Gasteiger partial charge in [-0.3, -0.25) is 0 Å². The van der Waals surface area contributed by atoms with Gasteiger partial charge in [0, 0.05) is 11.8 Å². The molecule has 1 N–H and O–H groups in total. The number of nitrogens with one attached hydrogen (secondary N) is 1. The van der Waals surface area contributed by atoms with E-state index in [9.17, 15) is 4.79 Å². The molecular weight excluding hydrogens is 214 g/mol. The fraction of sp³-hybridized carbons (Fsp3) is 0.214. The molecule has 3 nitrogen and oxygen atoms in total. The van der Waals surface area contributed by atoms with Gasteiger partial charge in [-0.05, 0) is 25.5 Å². The van der Waals surface area contributed by atoms with Crippen LogP contribution in [0.4, 0.5) is 0 Å². The van der Waals surface area contributed by atoms with Crippen LogP contribution in [0.25, 0.3) is 11.1 Å². The fourth-order valence-electron chi connectivity index (χ4n) is 1.72. The number of hydrogen-bond acceptors (Lipinski definition) is 2. The number of carbonyl (C=O) groups is 1. The van der Waals surface area contributed by atoms with E-state index in [1.807, 2.05) is 37.3 Å². The molecule has 0 radical (unpaired) electrons. The number of aromatic nitrogens is 1. The molecule has 88 valence electrons. The molecule has 0 atom stereocenters. The molecule has 0 aliphatic carbocycles. The van der Waals surface area contributed by atoms with Gasteiger partial charge in [-0.2, -0.15) is 0 Å². The first kappa shape index (κ1) is 11.5. The highest BCUT2D eigenvalue weighted by molar-refractivity contribution is 5.95. The van der Waals surface area contributed by atoms with E-state index in [-0.39, 0.29) is 5.97 Å². The summed E-state index contributed by atoms with van der Waals surface area (Å²) < 4.78 is 5.00. The first-order valence-electron chi connectivity index (χ1n) is 5.64. The molecule has 0 amide bonds. The van der Waals surface area contributed by atoms with Crippen LogP contribution in [-0.2, 0) is 4.74 Å². The lowest BCUT2D eigenvalue weighted by molar-refractivity contribution is 0.0521. The molecule has 0 spiro atoms. The Labute approximate surface area is 100 Å². The van der Waals surface area contributed by atoms with Gasteiger partial charge in [-0.1, -0.05) is 29.8 Å². The van der Waals surface area contributed by atoms with E-state index in [2.05, 4.69) is 4.98 Å². The lowest BCUT2D eigenvalue weighted by Crippen LogP contribution is -2.06. The maximum Gasteiger partial charge on any atom is 0.355 e. The van der Waals surface area contributed by atoms with Crippen molar-refractivity contribution in [2.45, 2.75) is 13.8 Å². The van der Waals surface area contributed by atoms with Crippen LogP contribution in [0.15, 0.2) is 36.5 Å². The zero-order valence-corrected chi connectivity index (χ0v) is 9.99. The number of carbonyl (C=O) groups excluding carboxylic acids is 1. The molecule has 0 bridgehead atoms. The summed E-state index contributed by atoms with van der Waals surface area (Å²) in [4.78, 5) is 14.6. The van der Waals surface area contributed by atoms with Crippen molar-refractivity contribution >= 4 is 5.97 Å². The highest BCUT2D eigenvalue weighted by Crippen LogP contribution is 2.23. The second kappa shape index (κ2) is 4.87. The van der Waals surface area contributed by atoms with Crippen LogP contribution >= 0.6 is 0 Å². The van der Waals surface area contributed by atoms with Crippen LogP contribution < -0.4 is 0 Å². The zero-order chi connectivity index (χ0) is 12.3. The molecule has 0 unspecified atom stereocenters. The van der Waals surface area contributed by atoms with E-state index in [1.165, 1.54) is 5.56 Å². The molecule has 0 saturated carbocycles. The van der Waals surface area contributed by atoms with Crippen LogP contribution in [0.5, 0.6) is 0 Å². The van der Waals surface area contributed by atoms with Gasteiger partial charge in [-0.15, -0.1) is 0 Å². The number of hydrogen-bond donors (Lipinski definition) is 1. The zero-order valence-electron chi connectivity index (χ0n) is 9.99. The summed E-state index contributed by atoms with van der Waals surface area (Å²) >= 11 is 0. The molecule has 3 heteroatoms. The Balaban J connectivity index is 2.36. The van der Waals surface area contributed by atoms with Crippen molar-refractivity contribution in [3.63, 3.8) is 0 Å². The molecule has 0 saturated heterocycles. The molecule has 1 aromatic carbocycles. The van der Waals surface area contributed by atoms with Gasteiger partial charge >= 0.3 is 5.97 Å². The Morgan fingerprint density at radius 1 is 1.24 bits per heavy atom. The van der Waals surface area contributed by atoms with Crippen molar-refractivity contribution in [2.75, 3.05) is 6.61 Å². The monoisotopic (exact) mass is 229 g/mol. The van der Waals surface area contributed by atoms with Crippen molar-refractivity contribution in [1.82, 2.24) is 4.98 Å². The molecule has 1 aromatic heterocycles. The number of ether oxygens (including phenoxy) is 1. The molecule has 0 fully saturated rings. The summed E-state index contributed by atoms with van der Waals surface area (Å²) in [6.45, 7) is 4.21. The summed E-state index contributed by atoms with van der Waals surface area (Å²) in [5.74, 6) is -0.312. The first-order chi connectivity index (χ1) is 8.22. The number of benzene rings is 1. The maximum atomic E-state index is 11.7. The standard InChI is InChI=1S/C14H15NO2/c1-3-17-14(16)13-12(8-9-15-13)11-6-4-10(2)5-7-11/h4-9,15H,3H2,1-2H3. The predicted molar refractivity (Wildman–Crippen MR) is 66.9 cm³/mol. The average molecular weight is 229 g/mol. The van der Waals surface area contributed by atoms with Crippen LogP contribution in [0, 0.1) is 6.92 Å². The van der Waals surface area contributed by atoms with Crippen molar-refractivity contribution in [3.05, 3.63) is 47.8 Å². The van der Waals surface area contributed by atoms with E-state index in [4.69, 9.17) is 4.74 Å². The van der Waals surface area contributed by atoms with Crippen LogP contribution in [0.3, 0.4) is 0 Å². The van der Waals surface area contributed by atoms with Gasteiger partial charge in [0.15, 0.2) is 0 Å². The van der Waals surface area contributed by atoms with Gasteiger partial charge in [0.25, 0.3) is 0 Å². The number of esters is 1. The number of rotatable bonds is 3. The van der Waals surface area contributed by atoms with E-state index in [1.54, 1.807) is 13.1 Å². The largest absolute Gasteiger partial charge is 0.461 e. The second-order valence-corrected chi connectivity index (χ2v) is 3.85. The smallest absolute Gasteiger partial charge is 0.355 e. The fourth-order valence-corrected chi connectivity index (χ4v) is 1.72. The Morgan fingerprint density at radius 2 is 1.94 bits per heavy atom. The summed E-state index contributed by atoms with van der Waals surface area (Å²) in [7, 11) is 0. The van der Waals surface area contributed by atoms with Crippen molar-refractivity contribution < 1.29 is 9.53 Å². The summed E-state index contributed by atoms with van der Waals surface area (Å²) in [5, 5.41) is 0. The van der Waals surface area contributed by atoms with E-state index < -0.39 is 0 Å². The van der Waals surface area contributed by atoms with Crippen molar-refractivity contribution in [3.8, 4) is 11.1 Å². The minimum atomic E-state index is -0.312. The molecule has 0 aliphatic heterocycles. The Kier molecular flexibility index (Phi) is 3.28. The lowest BCUT2D eigenvalue weighted by Gasteiger charge is -2.04. The minimum absolute atomic E-state index is 0.312. The van der Waals surface area contributed by atoms with Crippen LogP contribution in [0.1, 0.15) is 23.0 Å². The number of aryl methyl sites for hydroxylation is 1. The normalized spacial score (nSPS) is 10.2. The average Bonchev–Trinajstić information content (AvgIpc) is 2.79. The third-order valence-corrected chi connectivity index (χ3v) is 2.59. The highest BCUT2D eigenvalue weighted by atomic mass is 16.5. The maximum absolute atomic E-state index is 11.7. The quantitative estimate of drug-likeness (QED) is 0.821. The Morgan fingerprint density at radius 3 is 2.59 bits per heavy atom. The van der Waals surface area contributed by atoms with Gasteiger partial charge in [0.05, 0.1) is 6.61 Å². The third kappa shape index (κ3) is 2.38. The van der Waals surface area contributed by atoms with Crippen molar-refractivity contribution in [2.24, 2.45) is 0 Å². The minimum Gasteiger partial charge on any atom is -0.461 e. The number of aromatic amines is 1. The topological polar surface area (TPSA) is 42.1 Å². The highest BCUT2D eigenvalue weighted by Gasteiger charge is 2.14. The van der Waals surface area contributed by atoms with Gasteiger partial charge in [-0.25, -0.2) is 4.79 Å². The molecule has 0 aliphatic rings. The van der Waals surface area contributed by atoms with Gasteiger partial charge < -0.3 is 9.72 Å². The summed E-state index contributed by atoms with van der Waals surface area (Å²) in [6.07, 6.45) is 1.75. The van der Waals surface area contributed by atoms with Crippen LogP contribution in [0.2, 0.25) is 0 Å². The van der Waals surface area contributed by atoms with E-state index >= 15 is 0 Å². The second-order valence-electron chi connectivity index (χ2n) is 3.85. The van der Waals surface area contributed by atoms with Crippen molar-refractivity contribution in [1.29, 1.82) is 0 Å². The Bertz CT molecular complexity index is 511. The SMILES string of the molecule is CCOC(=O)c1[nH]ccc1-c1ccc(C)cc1. The predicted octanol–water partition coefficient (Wildman–Crippen LogP) is 3.17. The molecule has 1 heterocycles. The van der Waals surface area contributed by atoms with E-state index in [0.717, 1.165) is 11.1 Å². The van der Waals surface area contributed by atoms with Gasteiger partial charge in [0.2, 0.25) is 0 Å². The number of H-pyrrole nitrogens is 1. The summed E-state index contributed by atoms with van der Waals surface area (Å²) in [6, 6.07) is 9.94. The molecular formula is C14H15NO2. The third-order valence-electron chi connectivity index (χ3n) is 2.59. The molecule has 2 aromatic rings. The summed E-state index contributed by atoms with van der Waals surface area (Å²) in [5.41, 5.74) is 3.60. The Hall–Kier alpha value is -2.03. The van der Waals surface area contributed by atoms with Crippen LogP contribution in [-0.4, -0.2) is 17.6 Å². The molecule has 17 heavy (non-hydrogen) atoms. The van der Waals surface area contributed by atoms with Gasteiger partial charge in [0.1, 0.15) is 5.69 Å².